The van der Waals surface area contributed by atoms with E-state index < -0.39 is 0 Å². The average Bonchev–Trinajstić information content (AvgIpc) is 2.88. The van der Waals surface area contributed by atoms with E-state index >= 15 is 0 Å². The van der Waals surface area contributed by atoms with Gasteiger partial charge in [-0.25, -0.2) is 0 Å². The number of carbonyl (C=O) groups is 2. The van der Waals surface area contributed by atoms with Gasteiger partial charge in [0.25, 0.3) is 5.91 Å². The van der Waals surface area contributed by atoms with E-state index in [1.807, 2.05) is 54.6 Å². The highest BCUT2D eigenvalue weighted by Crippen LogP contribution is 2.33. The molecule has 1 N–H and O–H groups in total. The summed E-state index contributed by atoms with van der Waals surface area (Å²) in [4.78, 5) is 26.9. The molecule has 1 fully saturated rings. The fourth-order valence-electron chi connectivity index (χ4n) is 2.43. The van der Waals surface area contributed by atoms with Crippen LogP contribution < -0.4 is 5.32 Å². The summed E-state index contributed by atoms with van der Waals surface area (Å²) in [6.45, 7) is 0.247. The summed E-state index contributed by atoms with van der Waals surface area (Å²) in [5.74, 6) is -0.342. The molecule has 138 valence electrons. The Kier molecular flexibility index (Phi) is 6.86. The Labute approximate surface area is 183 Å². The quantitative estimate of drug-likeness (QED) is 0.417. The standard InChI is InChI=1S/C19H14Br2N2O2S2/c20-13-5-3-4-12(10-13)11-16-18(25)23(19(26)27-16)9-8-17(24)22-15-7-2-1-6-14(15)21/h1-7,10-11H,8-9H2,(H,22,24)/b16-11-. The number of hydrogen-bond donors (Lipinski definition) is 1. The highest BCUT2D eigenvalue weighted by atomic mass is 79.9. The Hall–Kier alpha value is -1.48. The molecule has 0 saturated carbocycles. The Morgan fingerprint density at radius 2 is 1.96 bits per heavy atom. The topological polar surface area (TPSA) is 49.4 Å². The number of para-hydroxylation sites is 1. The number of benzene rings is 2. The van der Waals surface area contributed by atoms with Gasteiger partial charge in [0.1, 0.15) is 4.32 Å². The van der Waals surface area contributed by atoms with Crippen molar-refractivity contribution >= 4 is 83.7 Å². The van der Waals surface area contributed by atoms with E-state index in [0.717, 1.165) is 14.5 Å². The zero-order chi connectivity index (χ0) is 19.4. The largest absolute Gasteiger partial charge is 0.325 e. The third-order valence-electron chi connectivity index (χ3n) is 3.73. The van der Waals surface area contributed by atoms with E-state index in [2.05, 4.69) is 37.2 Å². The molecule has 4 nitrogen and oxygen atoms in total. The van der Waals surface area contributed by atoms with Crippen LogP contribution in [0.2, 0.25) is 0 Å². The molecule has 0 bridgehead atoms. The molecule has 2 aromatic carbocycles. The van der Waals surface area contributed by atoms with Crippen molar-refractivity contribution in [1.82, 2.24) is 4.90 Å². The smallest absolute Gasteiger partial charge is 0.266 e. The van der Waals surface area contributed by atoms with Crippen LogP contribution in [0.3, 0.4) is 0 Å². The van der Waals surface area contributed by atoms with Crippen LogP contribution in [-0.2, 0) is 9.59 Å². The minimum Gasteiger partial charge on any atom is -0.325 e. The summed E-state index contributed by atoms with van der Waals surface area (Å²) < 4.78 is 2.21. The second kappa shape index (κ2) is 9.14. The number of thiocarbonyl (C=S) groups is 1. The molecule has 0 unspecified atom stereocenters. The second-order valence-corrected chi connectivity index (χ2v) is 9.11. The minimum absolute atomic E-state index is 0.165. The molecule has 0 aromatic heterocycles. The number of halogens is 2. The maximum Gasteiger partial charge on any atom is 0.266 e. The Morgan fingerprint density at radius 1 is 1.19 bits per heavy atom. The predicted octanol–water partition coefficient (Wildman–Crippen LogP) is 5.44. The third-order valence-corrected chi connectivity index (χ3v) is 6.29. The first-order chi connectivity index (χ1) is 12.9. The van der Waals surface area contributed by atoms with Gasteiger partial charge in [0.2, 0.25) is 5.91 Å². The number of nitrogens with one attached hydrogen (secondary N) is 1. The van der Waals surface area contributed by atoms with Crippen molar-refractivity contribution in [2.45, 2.75) is 6.42 Å². The van der Waals surface area contributed by atoms with Crippen LogP contribution in [0.15, 0.2) is 62.4 Å². The van der Waals surface area contributed by atoms with Gasteiger partial charge in [-0.3, -0.25) is 14.5 Å². The van der Waals surface area contributed by atoms with Gasteiger partial charge in [-0.1, -0.05) is 64.2 Å². The first kappa shape index (κ1) is 20.3. The van der Waals surface area contributed by atoms with E-state index in [1.54, 1.807) is 0 Å². The highest BCUT2D eigenvalue weighted by Gasteiger charge is 2.32. The number of nitrogens with zero attached hydrogens (tertiary/aromatic N) is 1. The second-order valence-electron chi connectivity index (χ2n) is 5.67. The van der Waals surface area contributed by atoms with Gasteiger partial charge in [-0.15, -0.1) is 0 Å². The number of rotatable bonds is 5. The molecule has 27 heavy (non-hydrogen) atoms. The molecule has 8 heteroatoms. The number of anilines is 1. The maximum atomic E-state index is 12.6. The van der Waals surface area contributed by atoms with Crippen LogP contribution >= 0.6 is 55.8 Å². The molecule has 2 aromatic rings. The lowest BCUT2D eigenvalue weighted by atomic mass is 10.2. The van der Waals surface area contributed by atoms with Crippen molar-refractivity contribution in [2.75, 3.05) is 11.9 Å². The molecule has 1 heterocycles. The van der Waals surface area contributed by atoms with E-state index in [1.165, 1.54) is 16.7 Å². The monoisotopic (exact) mass is 524 g/mol. The number of thioether (sulfide) groups is 1. The van der Waals surface area contributed by atoms with Gasteiger partial charge in [-0.05, 0) is 51.8 Å². The lowest BCUT2D eigenvalue weighted by Gasteiger charge is -2.14. The molecule has 1 aliphatic rings. The summed E-state index contributed by atoms with van der Waals surface area (Å²) in [5.41, 5.74) is 1.61. The van der Waals surface area contributed by atoms with Crippen LogP contribution in [0.25, 0.3) is 6.08 Å². The van der Waals surface area contributed by atoms with Crippen molar-refractivity contribution < 1.29 is 9.59 Å². The molecule has 1 aliphatic heterocycles. The first-order valence-electron chi connectivity index (χ1n) is 7.99. The maximum absolute atomic E-state index is 12.6. The van der Waals surface area contributed by atoms with Crippen molar-refractivity contribution in [2.24, 2.45) is 0 Å². The van der Waals surface area contributed by atoms with Gasteiger partial charge in [0.05, 0.1) is 10.6 Å². The van der Waals surface area contributed by atoms with Crippen LogP contribution in [0, 0.1) is 0 Å². The molecule has 0 radical (unpaired) electrons. The molecule has 3 rings (SSSR count). The van der Waals surface area contributed by atoms with Crippen LogP contribution in [-0.4, -0.2) is 27.6 Å². The van der Waals surface area contributed by atoms with Crippen molar-refractivity contribution in [1.29, 1.82) is 0 Å². The summed E-state index contributed by atoms with van der Waals surface area (Å²) >= 11 is 13.4. The van der Waals surface area contributed by atoms with Gasteiger partial charge >= 0.3 is 0 Å². The predicted molar refractivity (Wildman–Crippen MR) is 121 cm³/mol. The Balaban J connectivity index is 1.62. The summed E-state index contributed by atoms with van der Waals surface area (Å²) in [7, 11) is 0. The fourth-order valence-corrected chi connectivity index (χ4v) is 4.54. The Bertz CT molecular complexity index is 947. The zero-order valence-corrected chi connectivity index (χ0v) is 18.8. The van der Waals surface area contributed by atoms with Gasteiger partial charge in [-0.2, -0.15) is 0 Å². The zero-order valence-electron chi connectivity index (χ0n) is 13.9. The molecular weight excluding hydrogens is 512 g/mol. The molecular formula is C19H14Br2N2O2S2. The molecule has 2 amide bonds. The van der Waals surface area contributed by atoms with E-state index in [9.17, 15) is 9.59 Å². The van der Waals surface area contributed by atoms with Crippen molar-refractivity contribution in [3.05, 3.63) is 67.9 Å². The molecule has 1 saturated heterocycles. The van der Waals surface area contributed by atoms with Crippen molar-refractivity contribution in [3.63, 3.8) is 0 Å². The lowest BCUT2D eigenvalue weighted by molar-refractivity contribution is -0.122. The van der Waals surface area contributed by atoms with E-state index in [4.69, 9.17) is 12.2 Å². The first-order valence-corrected chi connectivity index (χ1v) is 10.8. The third kappa shape index (κ3) is 5.28. The van der Waals surface area contributed by atoms with E-state index in [-0.39, 0.29) is 24.8 Å². The SMILES string of the molecule is O=C(CCN1C(=O)/C(=C/c2cccc(Br)c2)SC1=S)Nc1ccccc1Br. The molecule has 0 atom stereocenters. The summed E-state index contributed by atoms with van der Waals surface area (Å²) in [6, 6.07) is 15.1. The fraction of sp³-hybridized carbons (Fsp3) is 0.105. The normalized spacial score (nSPS) is 15.5. The average molecular weight is 526 g/mol. The Morgan fingerprint density at radius 3 is 2.70 bits per heavy atom. The van der Waals surface area contributed by atoms with Crippen LogP contribution in [0.4, 0.5) is 5.69 Å². The number of amides is 2. The van der Waals surface area contributed by atoms with Gasteiger partial charge in [0.15, 0.2) is 0 Å². The number of carbonyl (C=O) groups excluding carboxylic acids is 2. The van der Waals surface area contributed by atoms with Gasteiger partial charge in [0, 0.05) is 21.9 Å². The van der Waals surface area contributed by atoms with Crippen LogP contribution in [0.5, 0.6) is 0 Å². The minimum atomic E-state index is -0.174. The van der Waals surface area contributed by atoms with Crippen LogP contribution in [0.1, 0.15) is 12.0 Å². The van der Waals surface area contributed by atoms with Gasteiger partial charge < -0.3 is 5.32 Å². The summed E-state index contributed by atoms with van der Waals surface area (Å²) in [5, 5.41) is 2.83. The van der Waals surface area contributed by atoms with E-state index in [0.29, 0.717) is 14.9 Å². The lowest BCUT2D eigenvalue weighted by Crippen LogP contribution is -2.31. The summed E-state index contributed by atoms with van der Waals surface area (Å²) in [6.07, 6.45) is 1.98. The number of hydrogen-bond acceptors (Lipinski definition) is 4. The molecule has 0 aliphatic carbocycles. The van der Waals surface area contributed by atoms with Crippen molar-refractivity contribution in [3.8, 4) is 0 Å². The highest BCUT2D eigenvalue weighted by molar-refractivity contribution is 9.10. The molecule has 0 spiro atoms.